The van der Waals surface area contributed by atoms with Crippen molar-refractivity contribution in [3.8, 4) is 17.5 Å². The van der Waals surface area contributed by atoms with Crippen LogP contribution >= 0.6 is 0 Å². The highest BCUT2D eigenvalue weighted by Crippen LogP contribution is 2.32. The molecule has 1 aliphatic carbocycles. The standard InChI is InChI=1S/C26H29N7O5/c1-26(2,37)23(34)14-29-24(35)19-13-28-21(22-5-4-18-8-16(10-27)12-31-33(18)22)9-20(19)32-17-6-15(7-17)11-30-25(36)38-3/h4-5,8-9,12-13,15,17,37H,6-7,11,14H2,1-3H3,(H,28,32)(H,29,35)(H,30,36). The van der Waals surface area contributed by atoms with Crippen LogP contribution < -0.4 is 16.0 Å². The van der Waals surface area contributed by atoms with Crippen LogP contribution in [0.1, 0.15) is 42.6 Å². The largest absolute Gasteiger partial charge is 0.453 e. The number of methoxy groups -OCH3 is 1. The first-order valence-corrected chi connectivity index (χ1v) is 12.1. The summed E-state index contributed by atoms with van der Waals surface area (Å²) in [6, 6.07) is 9.24. The number of nitrogens with one attached hydrogen (secondary N) is 3. The molecule has 198 valence electrons. The van der Waals surface area contributed by atoms with E-state index in [1.165, 1.54) is 33.4 Å². The van der Waals surface area contributed by atoms with Gasteiger partial charge in [0.1, 0.15) is 11.7 Å². The number of rotatable bonds is 9. The molecule has 0 radical (unpaired) electrons. The number of amides is 2. The van der Waals surface area contributed by atoms with E-state index < -0.39 is 23.4 Å². The minimum absolute atomic E-state index is 0.0552. The lowest BCUT2D eigenvalue weighted by Crippen LogP contribution is -2.43. The maximum atomic E-state index is 13.0. The van der Waals surface area contributed by atoms with Crippen molar-refractivity contribution in [2.24, 2.45) is 5.92 Å². The number of fused-ring (bicyclic) bond motifs is 1. The van der Waals surface area contributed by atoms with Crippen molar-refractivity contribution >= 4 is 29.0 Å². The van der Waals surface area contributed by atoms with E-state index in [2.05, 4.69) is 36.8 Å². The number of nitriles is 1. The molecule has 0 saturated heterocycles. The number of pyridine rings is 1. The van der Waals surface area contributed by atoms with E-state index in [1.807, 2.05) is 12.1 Å². The lowest BCUT2D eigenvalue weighted by molar-refractivity contribution is -0.132. The van der Waals surface area contributed by atoms with Crippen LogP contribution in [0.4, 0.5) is 10.5 Å². The fourth-order valence-corrected chi connectivity index (χ4v) is 4.16. The molecule has 4 N–H and O–H groups in total. The molecule has 0 spiro atoms. The Kier molecular flexibility index (Phi) is 7.59. The maximum absolute atomic E-state index is 13.0. The maximum Gasteiger partial charge on any atom is 0.406 e. The van der Waals surface area contributed by atoms with Crippen LogP contribution in [-0.4, -0.2) is 69.3 Å². The Balaban J connectivity index is 1.57. The second-order valence-electron chi connectivity index (χ2n) is 9.74. The first kappa shape index (κ1) is 26.6. The number of anilines is 1. The van der Waals surface area contributed by atoms with Crippen LogP contribution in [0.15, 0.2) is 36.7 Å². The molecule has 0 aromatic carbocycles. The molecule has 12 nitrogen and oxygen atoms in total. The molecule has 1 fully saturated rings. The molecule has 3 aromatic rings. The quantitative estimate of drug-likeness (QED) is 0.329. The highest BCUT2D eigenvalue weighted by atomic mass is 16.5. The number of Topliss-reactive ketones (excluding diaryl/α,β-unsaturated/α-hetero) is 1. The Morgan fingerprint density at radius 2 is 1.97 bits per heavy atom. The minimum Gasteiger partial charge on any atom is -0.453 e. The van der Waals surface area contributed by atoms with Gasteiger partial charge in [0, 0.05) is 18.8 Å². The van der Waals surface area contributed by atoms with Gasteiger partial charge in [-0.05, 0) is 56.9 Å². The molecule has 0 atom stereocenters. The topological polar surface area (TPSA) is 171 Å². The van der Waals surface area contributed by atoms with Gasteiger partial charge in [0.2, 0.25) is 0 Å². The molecule has 3 heterocycles. The summed E-state index contributed by atoms with van der Waals surface area (Å²) in [5.74, 6) is -0.765. The van der Waals surface area contributed by atoms with Crippen LogP contribution in [0.2, 0.25) is 0 Å². The molecule has 4 rings (SSSR count). The average Bonchev–Trinajstić information content (AvgIpc) is 3.30. The molecule has 1 aliphatic rings. The molecule has 0 aliphatic heterocycles. The summed E-state index contributed by atoms with van der Waals surface area (Å²) in [5.41, 5.74) is 1.59. The number of carbonyl (C=O) groups excluding carboxylic acids is 3. The number of hydrogen-bond donors (Lipinski definition) is 4. The average molecular weight is 520 g/mol. The number of ether oxygens (including phenoxy) is 1. The van der Waals surface area contributed by atoms with Crippen molar-refractivity contribution in [1.29, 1.82) is 5.26 Å². The molecular formula is C26H29N7O5. The molecule has 2 amide bonds. The molecule has 3 aromatic heterocycles. The van der Waals surface area contributed by atoms with Gasteiger partial charge in [-0.2, -0.15) is 10.4 Å². The van der Waals surface area contributed by atoms with Crippen molar-refractivity contribution in [3.05, 3.63) is 47.8 Å². The number of alkyl carbamates (subject to hydrolysis) is 1. The SMILES string of the molecule is COC(=O)NCC1CC(Nc2cc(-c3ccc4cc(C#N)cnn34)ncc2C(=O)NCC(=O)C(C)(C)O)C1. The lowest BCUT2D eigenvalue weighted by Gasteiger charge is -2.36. The monoisotopic (exact) mass is 519 g/mol. The zero-order valence-electron chi connectivity index (χ0n) is 21.3. The van der Waals surface area contributed by atoms with Gasteiger partial charge < -0.3 is 25.8 Å². The molecule has 0 bridgehead atoms. The number of hydrogen-bond acceptors (Lipinski definition) is 9. The smallest absolute Gasteiger partial charge is 0.406 e. The van der Waals surface area contributed by atoms with E-state index in [1.54, 1.807) is 16.6 Å². The second-order valence-corrected chi connectivity index (χ2v) is 9.74. The summed E-state index contributed by atoms with van der Waals surface area (Å²) < 4.78 is 6.27. The number of carbonyl (C=O) groups is 3. The van der Waals surface area contributed by atoms with E-state index in [9.17, 15) is 19.5 Å². The Hall–Kier alpha value is -4.50. The van der Waals surface area contributed by atoms with Gasteiger partial charge in [-0.1, -0.05) is 0 Å². The first-order valence-electron chi connectivity index (χ1n) is 12.1. The second kappa shape index (κ2) is 10.9. The first-order chi connectivity index (χ1) is 18.1. The summed E-state index contributed by atoms with van der Waals surface area (Å²) in [4.78, 5) is 40.9. The van der Waals surface area contributed by atoms with Crippen molar-refractivity contribution in [2.45, 2.75) is 38.3 Å². The van der Waals surface area contributed by atoms with Gasteiger partial charge in [-0.15, -0.1) is 0 Å². The third-order valence-corrected chi connectivity index (χ3v) is 6.45. The third-order valence-electron chi connectivity index (χ3n) is 6.45. The van der Waals surface area contributed by atoms with Gasteiger partial charge in [0.25, 0.3) is 5.91 Å². The zero-order valence-corrected chi connectivity index (χ0v) is 21.3. The minimum atomic E-state index is -1.57. The van der Waals surface area contributed by atoms with Gasteiger partial charge in [0.05, 0.1) is 53.6 Å². The Morgan fingerprint density at radius 1 is 1.21 bits per heavy atom. The fraction of sp³-hybridized carbons (Fsp3) is 0.385. The normalized spacial score (nSPS) is 16.7. The number of aliphatic hydroxyl groups is 1. The predicted octanol–water partition coefficient (Wildman–Crippen LogP) is 1.88. The van der Waals surface area contributed by atoms with Gasteiger partial charge in [0.15, 0.2) is 5.78 Å². The van der Waals surface area contributed by atoms with E-state index in [0.29, 0.717) is 29.2 Å². The third kappa shape index (κ3) is 5.90. The Bertz CT molecular complexity index is 1410. The highest BCUT2D eigenvalue weighted by molar-refractivity contribution is 6.02. The van der Waals surface area contributed by atoms with Gasteiger partial charge in [-0.25, -0.2) is 9.31 Å². The van der Waals surface area contributed by atoms with E-state index in [0.717, 1.165) is 18.4 Å². The Labute approximate surface area is 219 Å². The summed E-state index contributed by atoms with van der Waals surface area (Å²) in [5, 5.41) is 32.0. The summed E-state index contributed by atoms with van der Waals surface area (Å²) in [6.45, 7) is 2.89. The molecule has 12 heteroatoms. The number of nitrogens with zero attached hydrogens (tertiary/aromatic N) is 4. The van der Waals surface area contributed by atoms with Gasteiger partial charge in [-0.3, -0.25) is 14.6 Å². The highest BCUT2D eigenvalue weighted by Gasteiger charge is 2.31. The van der Waals surface area contributed by atoms with Crippen molar-refractivity contribution in [3.63, 3.8) is 0 Å². The lowest BCUT2D eigenvalue weighted by atomic mass is 9.80. The van der Waals surface area contributed by atoms with Crippen LogP contribution in [-0.2, 0) is 9.53 Å². The zero-order chi connectivity index (χ0) is 27.4. The molecule has 38 heavy (non-hydrogen) atoms. The van der Waals surface area contributed by atoms with Crippen LogP contribution in [0.5, 0.6) is 0 Å². The molecular weight excluding hydrogens is 490 g/mol. The summed E-state index contributed by atoms with van der Waals surface area (Å²) in [7, 11) is 1.31. The van der Waals surface area contributed by atoms with Crippen LogP contribution in [0.25, 0.3) is 16.9 Å². The van der Waals surface area contributed by atoms with Crippen molar-refractivity contribution in [1.82, 2.24) is 25.2 Å². The van der Waals surface area contributed by atoms with Gasteiger partial charge >= 0.3 is 6.09 Å². The fourth-order valence-electron chi connectivity index (χ4n) is 4.16. The Morgan fingerprint density at radius 3 is 2.66 bits per heavy atom. The van der Waals surface area contributed by atoms with Crippen molar-refractivity contribution < 1.29 is 24.2 Å². The van der Waals surface area contributed by atoms with Crippen LogP contribution in [0.3, 0.4) is 0 Å². The molecule has 1 saturated carbocycles. The number of ketones is 1. The number of aromatic nitrogens is 3. The summed E-state index contributed by atoms with van der Waals surface area (Å²) >= 11 is 0. The summed E-state index contributed by atoms with van der Waals surface area (Å²) in [6.07, 6.45) is 3.96. The van der Waals surface area contributed by atoms with E-state index >= 15 is 0 Å². The van der Waals surface area contributed by atoms with E-state index in [-0.39, 0.29) is 24.1 Å². The van der Waals surface area contributed by atoms with Crippen molar-refractivity contribution in [2.75, 3.05) is 25.5 Å². The van der Waals surface area contributed by atoms with E-state index in [4.69, 9.17) is 5.26 Å². The molecule has 0 unspecified atom stereocenters. The van der Waals surface area contributed by atoms with Crippen LogP contribution in [0, 0.1) is 17.2 Å². The predicted molar refractivity (Wildman–Crippen MR) is 137 cm³/mol.